The molecular formula is C12H13FO2. The Bertz CT molecular complexity index is 387. The molecule has 1 aromatic rings. The molecule has 80 valence electrons. The highest BCUT2D eigenvalue weighted by Crippen LogP contribution is 2.35. The Balaban J connectivity index is 2.27. The van der Waals surface area contributed by atoms with Gasteiger partial charge in [0, 0.05) is 5.56 Å². The summed E-state index contributed by atoms with van der Waals surface area (Å²) in [5, 5.41) is 9.60. The average Bonchev–Trinajstić information content (AvgIpc) is 2.22. The predicted octanol–water partition coefficient (Wildman–Crippen LogP) is 2.94. The van der Waals surface area contributed by atoms with E-state index in [1.807, 2.05) is 0 Å². The quantitative estimate of drug-likeness (QED) is 0.719. The smallest absolute Gasteiger partial charge is 0.123 e. The highest BCUT2D eigenvalue weighted by molar-refractivity contribution is 5.35. The summed E-state index contributed by atoms with van der Waals surface area (Å²) in [5.74, 6) is -0.279. The largest absolute Gasteiger partial charge is 0.508 e. The van der Waals surface area contributed by atoms with Gasteiger partial charge in [0.15, 0.2) is 0 Å². The predicted molar refractivity (Wildman–Crippen MR) is 55.1 cm³/mol. The van der Waals surface area contributed by atoms with Crippen LogP contribution in [0.25, 0.3) is 0 Å². The molecule has 1 aromatic carbocycles. The molecule has 2 nitrogen and oxygen atoms in total. The molecule has 0 amide bonds. The first kappa shape index (κ1) is 10.2. The monoisotopic (exact) mass is 208 g/mol. The van der Waals surface area contributed by atoms with Crippen LogP contribution in [0.4, 0.5) is 4.39 Å². The van der Waals surface area contributed by atoms with Gasteiger partial charge >= 0.3 is 0 Å². The summed E-state index contributed by atoms with van der Waals surface area (Å²) in [4.78, 5) is 0. The molecule has 1 atom stereocenters. The van der Waals surface area contributed by atoms with E-state index in [9.17, 15) is 9.50 Å². The second-order valence-corrected chi connectivity index (χ2v) is 3.77. The van der Waals surface area contributed by atoms with E-state index >= 15 is 0 Å². The maximum absolute atomic E-state index is 13.0. The van der Waals surface area contributed by atoms with Gasteiger partial charge in [0.2, 0.25) is 0 Å². The van der Waals surface area contributed by atoms with Crippen molar-refractivity contribution in [2.75, 3.05) is 6.61 Å². The van der Waals surface area contributed by atoms with E-state index in [4.69, 9.17) is 4.74 Å². The molecule has 15 heavy (non-hydrogen) atoms. The van der Waals surface area contributed by atoms with E-state index in [0.717, 1.165) is 12.0 Å². The lowest BCUT2D eigenvalue weighted by Crippen LogP contribution is -2.13. The van der Waals surface area contributed by atoms with E-state index in [1.165, 1.54) is 18.2 Å². The summed E-state index contributed by atoms with van der Waals surface area (Å²) in [6.45, 7) is 4.47. The van der Waals surface area contributed by atoms with Crippen LogP contribution in [0.2, 0.25) is 0 Å². The van der Waals surface area contributed by atoms with E-state index in [2.05, 4.69) is 6.58 Å². The van der Waals surface area contributed by atoms with Crippen LogP contribution in [-0.2, 0) is 4.74 Å². The molecule has 1 N–H and O–H groups in total. The van der Waals surface area contributed by atoms with Crippen molar-refractivity contribution in [3.05, 3.63) is 41.7 Å². The van der Waals surface area contributed by atoms with Gasteiger partial charge in [-0.3, -0.25) is 0 Å². The molecule has 0 saturated carbocycles. The molecule has 1 fully saturated rings. The molecule has 0 radical (unpaired) electrons. The van der Waals surface area contributed by atoms with Crippen LogP contribution in [0.5, 0.6) is 5.75 Å². The van der Waals surface area contributed by atoms with Gasteiger partial charge in [-0.15, -0.1) is 0 Å². The molecular weight excluding hydrogens is 195 g/mol. The minimum atomic E-state index is -0.359. The topological polar surface area (TPSA) is 29.5 Å². The van der Waals surface area contributed by atoms with Gasteiger partial charge in [0.25, 0.3) is 0 Å². The average molecular weight is 208 g/mol. The third kappa shape index (κ3) is 2.18. The fraction of sp³-hybridized carbons (Fsp3) is 0.333. The molecule has 0 aliphatic carbocycles. The lowest BCUT2D eigenvalue weighted by Gasteiger charge is -2.25. The Morgan fingerprint density at radius 3 is 3.00 bits per heavy atom. The Morgan fingerprint density at radius 2 is 2.27 bits per heavy atom. The Hall–Kier alpha value is -1.35. The zero-order valence-electron chi connectivity index (χ0n) is 8.37. The van der Waals surface area contributed by atoms with Gasteiger partial charge in [-0.25, -0.2) is 4.39 Å². The van der Waals surface area contributed by atoms with Crippen molar-refractivity contribution < 1.29 is 14.2 Å². The van der Waals surface area contributed by atoms with E-state index in [1.54, 1.807) is 0 Å². The van der Waals surface area contributed by atoms with Crippen LogP contribution in [0, 0.1) is 5.82 Å². The summed E-state index contributed by atoms with van der Waals surface area (Å²) in [7, 11) is 0. The van der Waals surface area contributed by atoms with Crippen molar-refractivity contribution in [2.45, 2.75) is 18.9 Å². The zero-order chi connectivity index (χ0) is 10.8. The van der Waals surface area contributed by atoms with Crippen molar-refractivity contribution in [1.29, 1.82) is 0 Å². The minimum Gasteiger partial charge on any atom is -0.508 e. The van der Waals surface area contributed by atoms with Crippen molar-refractivity contribution >= 4 is 0 Å². The van der Waals surface area contributed by atoms with Gasteiger partial charge < -0.3 is 9.84 Å². The number of ether oxygens (including phenoxy) is 1. The fourth-order valence-corrected chi connectivity index (χ4v) is 1.75. The van der Waals surface area contributed by atoms with E-state index < -0.39 is 0 Å². The molecule has 1 saturated heterocycles. The van der Waals surface area contributed by atoms with Crippen LogP contribution in [0.1, 0.15) is 24.5 Å². The molecule has 0 bridgehead atoms. The summed E-state index contributed by atoms with van der Waals surface area (Å²) in [6.07, 6.45) is 1.23. The third-order valence-electron chi connectivity index (χ3n) is 2.59. The van der Waals surface area contributed by atoms with Crippen LogP contribution in [-0.4, -0.2) is 11.7 Å². The van der Waals surface area contributed by atoms with Gasteiger partial charge in [-0.05, 0) is 31.0 Å². The Kier molecular flexibility index (Phi) is 2.73. The second-order valence-electron chi connectivity index (χ2n) is 3.77. The highest BCUT2D eigenvalue weighted by Gasteiger charge is 2.21. The van der Waals surface area contributed by atoms with Crippen LogP contribution in [0.3, 0.4) is 0 Å². The van der Waals surface area contributed by atoms with Gasteiger partial charge in [-0.1, -0.05) is 12.2 Å². The Labute approximate surface area is 88.0 Å². The van der Waals surface area contributed by atoms with Crippen molar-refractivity contribution in [2.24, 2.45) is 0 Å². The fourth-order valence-electron chi connectivity index (χ4n) is 1.75. The highest BCUT2D eigenvalue weighted by atomic mass is 19.1. The van der Waals surface area contributed by atoms with Gasteiger partial charge in [-0.2, -0.15) is 0 Å². The van der Waals surface area contributed by atoms with Crippen LogP contribution < -0.4 is 0 Å². The molecule has 0 spiro atoms. The first-order valence-corrected chi connectivity index (χ1v) is 4.93. The summed E-state index contributed by atoms with van der Waals surface area (Å²) < 4.78 is 18.5. The number of rotatable bonds is 1. The van der Waals surface area contributed by atoms with E-state index in [0.29, 0.717) is 18.6 Å². The zero-order valence-corrected chi connectivity index (χ0v) is 8.37. The van der Waals surface area contributed by atoms with Crippen LogP contribution in [0.15, 0.2) is 30.4 Å². The van der Waals surface area contributed by atoms with Crippen LogP contribution >= 0.6 is 0 Å². The molecule has 2 rings (SSSR count). The standard InChI is InChI=1S/C12H13FO2/c1-8-4-5-15-12(6-8)10-7-9(13)2-3-11(10)14/h2-3,7,12,14H,1,4-6H2. The molecule has 1 aliphatic rings. The minimum absolute atomic E-state index is 0.0797. The van der Waals surface area contributed by atoms with E-state index in [-0.39, 0.29) is 17.7 Å². The Morgan fingerprint density at radius 1 is 1.47 bits per heavy atom. The van der Waals surface area contributed by atoms with Crippen molar-refractivity contribution in [3.63, 3.8) is 0 Å². The summed E-state index contributed by atoms with van der Waals surface area (Å²) >= 11 is 0. The molecule has 0 aromatic heterocycles. The molecule has 1 unspecified atom stereocenters. The number of hydrogen-bond acceptors (Lipinski definition) is 2. The second kappa shape index (κ2) is 4.03. The number of phenols is 1. The lowest BCUT2D eigenvalue weighted by molar-refractivity contribution is 0.0336. The SMILES string of the molecule is C=C1CCOC(c2cc(F)ccc2O)C1. The number of hydrogen-bond donors (Lipinski definition) is 1. The first-order valence-electron chi connectivity index (χ1n) is 4.93. The number of halogens is 1. The van der Waals surface area contributed by atoms with Gasteiger partial charge in [0.05, 0.1) is 12.7 Å². The maximum atomic E-state index is 13.0. The van der Waals surface area contributed by atoms with Crippen molar-refractivity contribution in [1.82, 2.24) is 0 Å². The van der Waals surface area contributed by atoms with Crippen molar-refractivity contribution in [3.8, 4) is 5.75 Å². The first-order chi connectivity index (χ1) is 7.16. The number of phenolic OH excluding ortho intramolecular Hbond substituents is 1. The lowest BCUT2D eigenvalue weighted by atomic mass is 9.97. The maximum Gasteiger partial charge on any atom is 0.123 e. The normalized spacial score (nSPS) is 21.7. The molecule has 3 heteroatoms. The molecule has 1 aliphatic heterocycles. The van der Waals surface area contributed by atoms with Gasteiger partial charge in [0.1, 0.15) is 11.6 Å². The number of benzene rings is 1. The summed E-state index contributed by atoms with van der Waals surface area (Å²) in [6, 6.07) is 3.90. The summed E-state index contributed by atoms with van der Waals surface area (Å²) in [5.41, 5.74) is 1.59. The molecule has 1 heterocycles. The number of aromatic hydroxyl groups is 1. The third-order valence-corrected chi connectivity index (χ3v) is 2.59.